The lowest BCUT2D eigenvalue weighted by Crippen LogP contribution is -2.58. The summed E-state index contributed by atoms with van der Waals surface area (Å²) in [6, 6.07) is 14.1. The summed E-state index contributed by atoms with van der Waals surface area (Å²) in [5, 5.41) is 39.2. The van der Waals surface area contributed by atoms with Gasteiger partial charge in [-0.05, 0) is 66.0 Å². The average Bonchev–Trinajstić information content (AvgIpc) is 3.05. The number of carbonyl (C=O) groups excluding carboxylic acids is 3. The van der Waals surface area contributed by atoms with Gasteiger partial charge >= 0.3 is 0 Å². The first-order valence-electron chi connectivity index (χ1n) is 14.0. The highest BCUT2D eigenvalue weighted by Gasteiger charge is 2.32. The van der Waals surface area contributed by atoms with Gasteiger partial charge in [-0.3, -0.25) is 39.5 Å². The first-order chi connectivity index (χ1) is 23.6. The van der Waals surface area contributed by atoms with E-state index in [-0.39, 0.29) is 58.0 Å². The van der Waals surface area contributed by atoms with Crippen molar-refractivity contribution in [3.63, 3.8) is 0 Å². The summed E-state index contributed by atoms with van der Waals surface area (Å²) in [5.41, 5.74) is 0.925. The molecule has 1 aliphatic rings. The van der Waals surface area contributed by atoms with E-state index in [9.17, 15) is 45.4 Å². The summed E-state index contributed by atoms with van der Waals surface area (Å²) in [4.78, 5) is 35.3. The number of rotatable bonds is 11. The summed E-state index contributed by atoms with van der Waals surface area (Å²) < 4.78 is 71.8. The van der Waals surface area contributed by atoms with Gasteiger partial charge in [-0.15, -0.1) is 0 Å². The molecule has 1 saturated heterocycles. The van der Waals surface area contributed by atoms with Crippen LogP contribution >= 0.6 is 0 Å². The number of aliphatic hydroxyl groups is 1. The van der Waals surface area contributed by atoms with Crippen LogP contribution in [0.2, 0.25) is 0 Å². The number of anilines is 1. The Bertz CT molecular complexity index is 2310. The second-order valence-corrected chi connectivity index (χ2v) is 13.0. The molecule has 0 unspecified atom stereocenters. The van der Waals surface area contributed by atoms with E-state index in [0.29, 0.717) is 6.07 Å². The fourth-order valence-electron chi connectivity index (χ4n) is 4.41. The lowest BCUT2D eigenvalue weighted by atomic mass is 10.1. The smallest absolute Gasteiger partial charge is 0.295 e. The van der Waals surface area contributed by atoms with E-state index in [1.807, 2.05) is 0 Å². The van der Waals surface area contributed by atoms with Crippen molar-refractivity contribution in [2.45, 2.75) is 15.8 Å². The van der Waals surface area contributed by atoms with Crippen LogP contribution in [0.1, 0.15) is 10.4 Å². The van der Waals surface area contributed by atoms with Gasteiger partial charge in [0.2, 0.25) is 12.0 Å². The number of ether oxygens (including phenoxy) is 1. The first kappa shape index (κ1) is 35.3. The highest BCUT2D eigenvalue weighted by molar-refractivity contribution is 7.86. The molecule has 0 radical (unpaired) electrons. The molecule has 258 valence electrons. The quantitative estimate of drug-likeness (QED) is 0.0670. The van der Waals surface area contributed by atoms with Crippen LogP contribution in [0.3, 0.4) is 0 Å². The Balaban J connectivity index is 1.34. The number of hydrogen-bond acceptors (Lipinski definition) is 14. The number of benzene rings is 4. The molecule has 1 heterocycles. The molecule has 4 aromatic rings. The van der Waals surface area contributed by atoms with Crippen molar-refractivity contribution in [3.8, 4) is 5.75 Å². The molecule has 0 aromatic heterocycles. The number of carbonyl (C=O) groups is 3. The predicted molar refractivity (Wildman–Crippen MR) is 173 cm³/mol. The SMILES string of the molecule is N=C1NC(=O)C(/N=N/c2ccc(C(=O)Nc3ccc(/N=N/c4ccc5cc(S(=O)(=O)O)cc(S(=O)(=O)O)c5c4)cc3OCCO)cc2)C(=O)N1. The maximum absolute atomic E-state index is 13.0. The standard InChI is InChI=1S/C29H24N8O11S2/c30-29-32-27(40)25(28(41)33-29)37-34-17-4-1-15(2-5-17)26(39)31-22-8-7-19(13-23(22)48-10-9-38)36-35-18-6-3-16-11-20(49(42,43)44)14-24(21(16)12-18)50(45,46)47/h1-8,11-14,25,38H,9-10H2,(H,31,39)(H,42,43,44)(H,45,46,47)(H3,30,32,33,40,41)/b36-35+,37-34+. The molecular formula is C29H24N8O11S2. The van der Waals surface area contributed by atoms with Crippen molar-refractivity contribution in [1.82, 2.24) is 10.6 Å². The molecule has 0 bridgehead atoms. The van der Waals surface area contributed by atoms with Gasteiger partial charge in [0.15, 0.2) is 0 Å². The molecule has 21 heteroatoms. The number of azo groups is 2. The molecule has 0 atom stereocenters. The summed E-state index contributed by atoms with van der Waals surface area (Å²) >= 11 is 0. The molecule has 5 rings (SSSR count). The molecule has 50 heavy (non-hydrogen) atoms. The van der Waals surface area contributed by atoms with Gasteiger partial charge in [-0.1, -0.05) is 6.07 Å². The molecule has 0 spiro atoms. The van der Waals surface area contributed by atoms with Crippen LogP contribution in [0.15, 0.2) is 103 Å². The zero-order chi connectivity index (χ0) is 36.2. The Morgan fingerprint density at radius 1 is 0.820 bits per heavy atom. The molecule has 4 aromatic carbocycles. The molecule has 7 N–H and O–H groups in total. The molecule has 1 fully saturated rings. The summed E-state index contributed by atoms with van der Waals surface area (Å²) in [6.07, 6.45) is 0. The van der Waals surface area contributed by atoms with E-state index in [1.54, 1.807) is 0 Å². The minimum atomic E-state index is -4.92. The molecular weight excluding hydrogens is 700 g/mol. The van der Waals surface area contributed by atoms with Gasteiger partial charge in [0.1, 0.15) is 17.3 Å². The van der Waals surface area contributed by atoms with E-state index < -0.39 is 59.8 Å². The van der Waals surface area contributed by atoms with Crippen LogP contribution in [-0.2, 0) is 29.8 Å². The average molecular weight is 725 g/mol. The third-order valence-electron chi connectivity index (χ3n) is 6.70. The molecule has 0 saturated carbocycles. The maximum Gasteiger partial charge on any atom is 0.295 e. The number of aliphatic hydroxyl groups excluding tert-OH is 1. The van der Waals surface area contributed by atoms with Gasteiger partial charge in [0.25, 0.3) is 38.0 Å². The van der Waals surface area contributed by atoms with Gasteiger partial charge < -0.3 is 15.2 Å². The Morgan fingerprint density at radius 3 is 2.06 bits per heavy atom. The zero-order valence-electron chi connectivity index (χ0n) is 25.1. The predicted octanol–water partition coefficient (Wildman–Crippen LogP) is 3.01. The minimum Gasteiger partial charge on any atom is -0.489 e. The first-order valence-corrected chi connectivity index (χ1v) is 16.9. The highest BCUT2D eigenvalue weighted by Crippen LogP contribution is 2.33. The lowest BCUT2D eigenvalue weighted by Gasteiger charge is -2.18. The van der Waals surface area contributed by atoms with Crippen molar-refractivity contribution in [2.75, 3.05) is 18.5 Å². The molecule has 0 aliphatic carbocycles. The summed E-state index contributed by atoms with van der Waals surface area (Å²) in [6.45, 7) is -0.496. The van der Waals surface area contributed by atoms with Crippen LogP contribution in [-0.4, -0.2) is 74.0 Å². The third kappa shape index (κ3) is 8.34. The molecule has 1 aliphatic heterocycles. The van der Waals surface area contributed by atoms with Crippen LogP contribution in [0.25, 0.3) is 10.8 Å². The number of nitrogens with zero attached hydrogens (tertiary/aromatic N) is 4. The van der Waals surface area contributed by atoms with Crippen LogP contribution in [0.4, 0.5) is 22.7 Å². The second kappa shape index (κ2) is 14.2. The number of guanidine groups is 1. The fraction of sp³-hybridized carbons (Fsp3) is 0.103. The van der Waals surface area contributed by atoms with E-state index in [2.05, 4.69) is 36.4 Å². The zero-order valence-corrected chi connectivity index (χ0v) is 26.8. The summed E-state index contributed by atoms with van der Waals surface area (Å²) in [5.74, 6) is -2.55. The normalized spacial score (nSPS) is 15.3. The van der Waals surface area contributed by atoms with E-state index in [4.69, 9.17) is 10.1 Å². The minimum absolute atomic E-state index is 0.0656. The number of hydrogen-bond donors (Lipinski definition) is 7. The summed E-state index contributed by atoms with van der Waals surface area (Å²) in [7, 11) is -9.71. The second-order valence-electron chi connectivity index (χ2n) is 10.2. The van der Waals surface area contributed by atoms with Crippen LogP contribution in [0, 0.1) is 5.41 Å². The number of nitrogens with one attached hydrogen (secondary N) is 4. The van der Waals surface area contributed by atoms with E-state index in [1.165, 1.54) is 60.7 Å². The van der Waals surface area contributed by atoms with Crippen molar-refractivity contribution in [2.24, 2.45) is 20.5 Å². The Labute approximate surface area is 282 Å². The van der Waals surface area contributed by atoms with E-state index in [0.717, 1.165) is 6.07 Å². The third-order valence-corrected chi connectivity index (χ3v) is 8.43. The Morgan fingerprint density at radius 2 is 1.44 bits per heavy atom. The Kier molecular flexibility index (Phi) is 10.1. The largest absolute Gasteiger partial charge is 0.489 e. The van der Waals surface area contributed by atoms with Crippen molar-refractivity contribution in [1.29, 1.82) is 5.41 Å². The van der Waals surface area contributed by atoms with Crippen molar-refractivity contribution >= 4 is 77.4 Å². The van der Waals surface area contributed by atoms with Crippen LogP contribution < -0.4 is 20.7 Å². The van der Waals surface area contributed by atoms with Crippen LogP contribution in [0.5, 0.6) is 5.75 Å². The molecule has 3 amide bonds. The monoisotopic (exact) mass is 724 g/mol. The van der Waals surface area contributed by atoms with Crippen molar-refractivity contribution < 1.29 is 50.2 Å². The maximum atomic E-state index is 13.0. The number of fused-ring (bicyclic) bond motifs is 1. The topological polar surface area (TPSA) is 299 Å². The van der Waals surface area contributed by atoms with Gasteiger partial charge in [0, 0.05) is 17.0 Å². The number of amides is 3. The molecule has 19 nitrogen and oxygen atoms in total. The van der Waals surface area contributed by atoms with E-state index >= 15 is 0 Å². The van der Waals surface area contributed by atoms with Gasteiger partial charge in [-0.2, -0.15) is 37.3 Å². The highest BCUT2D eigenvalue weighted by atomic mass is 32.2. The lowest BCUT2D eigenvalue weighted by molar-refractivity contribution is -0.131. The Hall–Kier alpha value is -6.00. The van der Waals surface area contributed by atoms with Gasteiger partial charge in [-0.25, -0.2) is 0 Å². The fourth-order valence-corrected chi connectivity index (χ4v) is 5.76. The van der Waals surface area contributed by atoms with Crippen molar-refractivity contribution in [3.05, 3.63) is 78.4 Å². The van der Waals surface area contributed by atoms with Gasteiger partial charge in [0.05, 0.1) is 34.3 Å².